The largest absolute Gasteiger partial charge is 0.443 e. The molecule has 0 aliphatic heterocycles. The molecule has 0 spiro atoms. The number of nitrogens with zero attached hydrogens (tertiary/aromatic N) is 1. The molecule has 84 valence electrons. The Morgan fingerprint density at radius 1 is 1.43 bits per heavy atom. The van der Waals surface area contributed by atoms with Crippen molar-refractivity contribution in [2.75, 3.05) is 13.6 Å². The molecule has 1 N–H and O–H groups in total. The van der Waals surface area contributed by atoms with Gasteiger partial charge in [-0.25, -0.2) is 15.2 Å². The minimum absolute atomic E-state index is 0.312. The third kappa shape index (κ3) is 5.80. The van der Waals surface area contributed by atoms with Gasteiger partial charge in [-0.3, -0.25) is 0 Å². The van der Waals surface area contributed by atoms with Gasteiger partial charge in [0.1, 0.15) is 5.60 Å². The monoisotopic (exact) mass is 202 g/mol. The summed E-state index contributed by atoms with van der Waals surface area (Å²) in [6, 6.07) is 0. The fourth-order valence-corrected chi connectivity index (χ4v) is 0.928. The molecule has 0 aromatic carbocycles. The lowest BCUT2D eigenvalue weighted by Gasteiger charge is -2.26. The van der Waals surface area contributed by atoms with Gasteiger partial charge in [-0.15, -0.1) is 0 Å². The molecule has 0 saturated heterocycles. The number of hydrazine groups is 1. The molecule has 1 amide bonds. The molecule has 0 fully saturated rings. The van der Waals surface area contributed by atoms with E-state index in [0.29, 0.717) is 6.54 Å². The second-order valence-corrected chi connectivity index (χ2v) is 4.21. The topological polar surface area (TPSA) is 41.6 Å². The highest BCUT2D eigenvalue weighted by molar-refractivity contribution is 5.67. The van der Waals surface area contributed by atoms with Crippen molar-refractivity contribution >= 4 is 6.09 Å². The third-order valence-corrected chi connectivity index (χ3v) is 1.62. The van der Waals surface area contributed by atoms with Crippen molar-refractivity contribution in [1.82, 2.24) is 10.4 Å². The number of carbonyl (C=O) groups is 1. The second-order valence-electron chi connectivity index (χ2n) is 4.21. The van der Waals surface area contributed by atoms with Crippen LogP contribution < -0.4 is 5.43 Å². The fraction of sp³-hybridized carbons (Fsp3) is 0.900. The maximum Gasteiger partial charge on any atom is 0.424 e. The van der Waals surface area contributed by atoms with Crippen molar-refractivity contribution in [3.8, 4) is 0 Å². The van der Waals surface area contributed by atoms with Crippen molar-refractivity contribution in [3.05, 3.63) is 0 Å². The first-order valence-electron chi connectivity index (χ1n) is 5.08. The highest BCUT2D eigenvalue weighted by Gasteiger charge is 2.20. The molecule has 0 aliphatic carbocycles. The van der Waals surface area contributed by atoms with Gasteiger partial charge >= 0.3 is 6.09 Å². The summed E-state index contributed by atoms with van der Waals surface area (Å²) in [4.78, 5) is 11.5. The predicted molar refractivity (Wildman–Crippen MR) is 56.9 cm³/mol. The quantitative estimate of drug-likeness (QED) is 0.710. The zero-order valence-corrected chi connectivity index (χ0v) is 9.89. The van der Waals surface area contributed by atoms with Gasteiger partial charge in [0.2, 0.25) is 0 Å². The molecule has 4 heteroatoms. The molecule has 14 heavy (non-hydrogen) atoms. The summed E-state index contributed by atoms with van der Waals surface area (Å²) in [5, 5.41) is 1.49. The number of hydrogen-bond acceptors (Lipinski definition) is 3. The van der Waals surface area contributed by atoms with Gasteiger partial charge in [0, 0.05) is 13.6 Å². The Balaban J connectivity index is 4.04. The highest BCUT2D eigenvalue weighted by atomic mass is 16.6. The zero-order valence-electron chi connectivity index (χ0n) is 9.89. The first-order valence-corrected chi connectivity index (χ1v) is 5.08. The van der Waals surface area contributed by atoms with Crippen LogP contribution in [-0.4, -0.2) is 30.3 Å². The molecule has 0 rings (SSSR count). The lowest BCUT2D eigenvalue weighted by Crippen LogP contribution is -2.44. The average molecular weight is 202 g/mol. The van der Waals surface area contributed by atoms with E-state index in [1.165, 1.54) is 5.01 Å². The molecule has 0 heterocycles. The first kappa shape index (κ1) is 13.2. The summed E-state index contributed by atoms with van der Waals surface area (Å²) in [5.74, 6) is 0. The normalized spacial score (nSPS) is 11.2. The molecule has 0 radical (unpaired) electrons. The zero-order chi connectivity index (χ0) is 11.2. The first-order chi connectivity index (χ1) is 6.40. The van der Waals surface area contributed by atoms with Gasteiger partial charge in [0.05, 0.1) is 0 Å². The lowest BCUT2D eigenvalue weighted by molar-refractivity contribution is 0.0157. The van der Waals surface area contributed by atoms with E-state index in [1.54, 1.807) is 7.05 Å². The Morgan fingerprint density at radius 2 is 2.00 bits per heavy atom. The predicted octanol–water partition coefficient (Wildman–Crippen LogP) is 2.16. The minimum Gasteiger partial charge on any atom is -0.443 e. The van der Waals surface area contributed by atoms with E-state index in [1.807, 2.05) is 20.8 Å². The smallest absolute Gasteiger partial charge is 0.424 e. The van der Waals surface area contributed by atoms with Gasteiger partial charge in [-0.2, -0.15) is 0 Å². The van der Waals surface area contributed by atoms with Crippen LogP contribution in [0.25, 0.3) is 0 Å². The Bertz CT molecular complexity index is 175. The number of nitrogens with one attached hydrogen (secondary N) is 1. The summed E-state index contributed by atoms with van der Waals surface area (Å²) in [6.07, 6.45) is 1.72. The van der Waals surface area contributed by atoms with E-state index in [9.17, 15) is 4.79 Å². The van der Waals surface area contributed by atoms with Crippen LogP contribution in [0.3, 0.4) is 0 Å². The van der Waals surface area contributed by atoms with E-state index >= 15 is 0 Å². The molecule has 0 aromatic heterocycles. The van der Waals surface area contributed by atoms with Gasteiger partial charge in [-0.05, 0) is 27.2 Å². The number of unbranched alkanes of at least 4 members (excludes halogenated alkanes) is 1. The summed E-state index contributed by atoms with van der Waals surface area (Å²) in [5.41, 5.74) is 2.39. The van der Waals surface area contributed by atoms with E-state index < -0.39 is 5.60 Å². The van der Waals surface area contributed by atoms with Crippen molar-refractivity contribution in [2.24, 2.45) is 0 Å². The lowest BCUT2D eigenvalue weighted by atomic mass is 10.2. The summed E-state index contributed by atoms with van der Waals surface area (Å²) >= 11 is 0. The Morgan fingerprint density at radius 3 is 2.36 bits per heavy atom. The van der Waals surface area contributed by atoms with Crippen LogP contribution in [0.1, 0.15) is 40.5 Å². The van der Waals surface area contributed by atoms with Gasteiger partial charge in [0.15, 0.2) is 0 Å². The van der Waals surface area contributed by atoms with Crippen molar-refractivity contribution in [1.29, 1.82) is 0 Å². The molecule has 0 aliphatic rings. The number of hydrogen-bond donors (Lipinski definition) is 1. The van der Waals surface area contributed by atoms with Crippen molar-refractivity contribution in [2.45, 2.75) is 46.1 Å². The van der Waals surface area contributed by atoms with Gasteiger partial charge in [0.25, 0.3) is 0 Å². The molecule has 0 aromatic rings. The summed E-state index contributed by atoms with van der Waals surface area (Å²) < 4.78 is 5.21. The van der Waals surface area contributed by atoms with Crippen LogP contribution in [0.4, 0.5) is 4.79 Å². The fourth-order valence-electron chi connectivity index (χ4n) is 0.928. The molecule has 0 saturated carbocycles. The Hall–Kier alpha value is -0.770. The molecular weight excluding hydrogens is 180 g/mol. The van der Waals surface area contributed by atoms with Crippen molar-refractivity contribution in [3.63, 3.8) is 0 Å². The molecular formula is C10H22N2O2. The maximum atomic E-state index is 11.5. The standard InChI is InChI=1S/C10H22N2O2/c1-6-7-8-12(11-5)9(13)14-10(2,3)4/h11H,6-8H2,1-5H3. The minimum atomic E-state index is -0.432. The number of amides is 1. The highest BCUT2D eigenvalue weighted by Crippen LogP contribution is 2.09. The Kier molecular flexibility index (Phi) is 5.53. The van der Waals surface area contributed by atoms with E-state index in [4.69, 9.17) is 4.74 Å². The van der Waals surface area contributed by atoms with Crippen LogP contribution in [0, 0.1) is 0 Å². The Labute approximate surface area is 86.6 Å². The molecule has 4 nitrogen and oxygen atoms in total. The van der Waals surface area contributed by atoms with Gasteiger partial charge in [-0.1, -0.05) is 13.3 Å². The third-order valence-electron chi connectivity index (χ3n) is 1.62. The molecule has 0 atom stereocenters. The maximum absolute atomic E-state index is 11.5. The van der Waals surface area contributed by atoms with Crippen LogP contribution >= 0.6 is 0 Å². The number of rotatable bonds is 4. The second kappa shape index (κ2) is 5.86. The van der Waals surface area contributed by atoms with E-state index in [-0.39, 0.29) is 6.09 Å². The van der Waals surface area contributed by atoms with Crippen LogP contribution in [0.2, 0.25) is 0 Å². The van der Waals surface area contributed by atoms with Crippen molar-refractivity contribution < 1.29 is 9.53 Å². The summed E-state index contributed by atoms with van der Waals surface area (Å²) in [7, 11) is 1.72. The number of carbonyl (C=O) groups excluding carboxylic acids is 1. The average Bonchev–Trinajstić information content (AvgIpc) is 2.02. The van der Waals surface area contributed by atoms with E-state index in [2.05, 4.69) is 12.3 Å². The number of ether oxygens (including phenoxy) is 1. The molecule has 0 bridgehead atoms. The van der Waals surface area contributed by atoms with Gasteiger partial charge < -0.3 is 4.74 Å². The van der Waals surface area contributed by atoms with Crippen LogP contribution in [0.15, 0.2) is 0 Å². The van der Waals surface area contributed by atoms with Crippen LogP contribution in [0.5, 0.6) is 0 Å². The van der Waals surface area contributed by atoms with E-state index in [0.717, 1.165) is 12.8 Å². The molecule has 0 unspecified atom stereocenters. The van der Waals surface area contributed by atoms with Crippen LogP contribution in [-0.2, 0) is 4.74 Å². The summed E-state index contributed by atoms with van der Waals surface area (Å²) in [6.45, 7) is 8.35. The SMILES string of the molecule is CCCCN(NC)C(=O)OC(C)(C)C.